The topological polar surface area (TPSA) is 131 Å². The summed E-state index contributed by atoms with van der Waals surface area (Å²) in [6, 6.07) is 3.92. The summed E-state index contributed by atoms with van der Waals surface area (Å²) in [6.45, 7) is -0.220. The summed E-state index contributed by atoms with van der Waals surface area (Å²) in [5.41, 5.74) is -1.60. The Morgan fingerprint density at radius 2 is 1.80 bits per heavy atom. The zero-order valence-electron chi connectivity index (χ0n) is 16.7. The van der Waals surface area contributed by atoms with Gasteiger partial charge in [-0.15, -0.1) is 16.4 Å². The van der Waals surface area contributed by atoms with Gasteiger partial charge < -0.3 is 14.5 Å². The fourth-order valence-electron chi connectivity index (χ4n) is 2.68. The van der Waals surface area contributed by atoms with Crippen molar-refractivity contribution < 1.29 is 40.8 Å². The number of hydrogen-bond donors (Lipinski definition) is 1. The number of thiophene rings is 1. The summed E-state index contributed by atoms with van der Waals surface area (Å²) in [5, 5.41) is 19.9. The van der Waals surface area contributed by atoms with Gasteiger partial charge >= 0.3 is 24.2 Å². The smallest absolute Gasteiger partial charge is 0.471 e. The number of halogens is 6. The second kappa shape index (κ2) is 8.90. The van der Waals surface area contributed by atoms with Gasteiger partial charge in [0, 0.05) is 4.88 Å². The lowest BCUT2D eigenvalue weighted by Crippen LogP contribution is -2.21. The third kappa shape index (κ3) is 5.34. The quantitative estimate of drug-likeness (QED) is 0.366. The van der Waals surface area contributed by atoms with Gasteiger partial charge in [0.25, 0.3) is 0 Å². The molecule has 182 valence electrons. The lowest BCUT2D eigenvalue weighted by atomic mass is 10.3. The van der Waals surface area contributed by atoms with E-state index < -0.39 is 29.9 Å². The van der Waals surface area contributed by atoms with Crippen molar-refractivity contribution in [2.45, 2.75) is 18.9 Å². The largest absolute Gasteiger partial charge is 0.478 e. The summed E-state index contributed by atoms with van der Waals surface area (Å²) in [4.78, 5) is 23.4. The molecule has 0 saturated heterocycles. The monoisotopic (exact) mass is 517 g/mol. The van der Waals surface area contributed by atoms with Crippen LogP contribution in [-0.4, -0.2) is 41.4 Å². The first-order valence-electron chi connectivity index (χ1n) is 9.14. The van der Waals surface area contributed by atoms with Crippen LogP contribution in [0.25, 0.3) is 10.7 Å². The maximum absolute atomic E-state index is 13.2. The van der Waals surface area contributed by atoms with Gasteiger partial charge in [0.1, 0.15) is 0 Å². The van der Waals surface area contributed by atoms with Crippen molar-refractivity contribution in [2.24, 2.45) is 0 Å². The molecule has 4 heterocycles. The molecule has 0 aliphatic heterocycles. The minimum absolute atomic E-state index is 0.160. The number of alkyl halides is 6. The second-order valence-corrected chi connectivity index (χ2v) is 7.81. The van der Waals surface area contributed by atoms with Gasteiger partial charge in [-0.05, 0) is 18.2 Å². The molecule has 0 unspecified atom stereocenters. The first-order chi connectivity index (χ1) is 16.4. The Morgan fingerprint density at radius 3 is 2.46 bits per heavy atom. The van der Waals surface area contributed by atoms with Crippen LogP contribution in [-0.2, 0) is 18.9 Å². The van der Waals surface area contributed by atoms with Gasteiger partial charge in [0.2, 0.25) is 5.82 Å². The minimum Gasteiger partial charge on any atom is -0.478 e. The van der Waals surface area contributed by atoms with Gasteiger partial charge in [-0.25, -0.2) is 9.78 Å². The molecule has 35 heavy (non-hydrogen) atoms. The molecule has 0 bridgehead atoms. The molecule has 0 saturated carbocycles. The molecule has 0 amide bonds. The highest BCUT2D eigenvalue weighted by molar-refractivity contribution is 7.15. The molecular formula is C18H9F6N7O3S. The summed E-state index contributed by atoms with van der Waals surface area (Å²) < 4.78 is 81.9. The summed E-state index contributed by atoms with van der Waals surface area (Å²) in [6.07, 6.45) is -7.18. The van der Waals surface area contributed by atoms with Crippen LogP contribution in [0.1, 0.15) is 26.8 Å². The third-order valence-corrected chi connectivity index (χ3v) is 5.28. The van der Waals surface area contributed by atoms with E-state index >= 15 is 0 Å². The predicted octanol–water partition coefficient (Wildman–Crippen LogP) is 4.45. The molecular weight excluding hydrogens is 508 g/mol. The van der Waals surface area contributed by atoms with Crippen molar-refractivity contribution >= 4 is 28.9 Å². The van der Waals surface area contributed by atoms with Crippen molar-refractivity contribution in [3.8, 4) is 10.7 Å². The zero-order chi connectivity index (χ0) is 25.4. The predicted molar refractivity (Wildman–Crippen MR) is 104 cm³/mol. The molecule has 0 atom stereocenters. The van der Waals surface area contributed by atoms with Gasteiger partial charge in [0.05, 0.1) is 35.6 Å². The number of hydrogen-bond acceptors (Lipinski definition) is 10. The van der Waals surface area contributed by atoms with Crippen molar-refractivity contribution in [3.05, 3.63) is 58.8 Å². The van der Waals surface area contributed by atoms with Gasteiger partial charge in [-0.3, -0.25) is 4.98 Å². The van der Waals surface area contributed by atoms with E-state index in [4.69, 9.17) is 0 Å². The number of carboxylic acids is 1. The molecule has 1 N–H and O–H groups in total. The zero-order valence-corrected chi connectivity index (χ0v) is 17.6. The Bertz CT molecular complexity index is 1370. The van der Waals surface area contributed by atoms with Crippen LogP contribution >= 0.6 is 11.3 Å². The first-order valence-corrected chi connectivity index (χ1v) is 9.96. The van der Waals surface area contributed by atoms with Crippen LogP contribution in [0.2, 0.25) is 0 Å². The number of anilines is 2. The van der Waals surface area contributed by atoms with Crippen LogP contribution in [0.3, 0.4) is 0 Å². The van der Waals surface area contributed by atoms with E-state index in [1.165, 1.54) is 12.1 Å². The first kappa shape index (κ1) is 24.0. The molecule has 0 aliphatic carbocycles. The third-order valence-electron chi connectivity index (χ3n) is 4.22. The van der Waals surface area contributed by atoms with E-state index in [2.05, 4.69) is 34.8 Å². The second-order valence-electron chi connectivity index (χ2n) is 6.64. The SMILES string of the molecule is O=C(O)c1cnnc(N(Cc2ccc(-c3noc(C(F)(F)F)n3)s2)c2cncc(C(F)(F)F)n2)c1. The Labute approximate surface area is 193 Å². The Morgan fingerprint density at radius 1 is 1.03 bits per heavy atom. The van der Waals surface area contributed by atoms with Crippen LogP contribution in [0.15, 0.2) is 41.3 Å². The van der Waals surface area contributed by atoms with Gasteiger partial charge in [-0.1, -0.05) is 5.16 Å². The van der Waals surface area contributed by atoms with E-state index in [0.717, 1.165) is 34.7 Å². The molecule has 0 fully saturated rings. The molecule has 4 aromatic rings. The molecule has 0 aliphatic rings. The maximum Gasteiger partial charge on any atom is 0.471 e. The summed E-state index contributed by atoms with van der Waals surface area (Å²) in [5.74, 6) is -3.72. The Balaban J connectivity index is 1.71. The molecule has 17 heteroatoms. The van der Waals surface area contributed by atoms with Crippen LogP contribution < -0.4 is 4.90 Å². The van der Waals surface area contributed by atoms with E-state index in [1.54, 1.807) is 0 Å². The molecule has 0 spiro atoms. The average Bonchev–Trinajstić information content (AvgIpc) is 3.47. The van der Waals surface area contributed by atoms with E-state index in [1.807, 2.05) is 0 Å². The average molecular weight is 517 g/mol. The maximum atomic E-state index is 13.2. The Kier molecular flexibility index (Phi) is 6.10. The molecule has 4 aromatic heterocycles. The van der Waals surface area contributed by atoms with E-state index in [9.17, 15) is 36.2 Å². The van der Waals surface area contributed by atoms with E-state index in [0.29, 0.717) is 11.1 Å². The molecule has 10 nitrogen and oxygen atoms in total. The number of carbonyl (C=O) groups is 1. The Hall–Kier alpha value is -4.15. The fraction of sp³-hybridized carbons (Fsp3) is 0.167. The molecule has 0 aromatic carbocycles. The lowest BCUT2D eigenvalue weighted by Gasteiger charge is -2.22. The van der Waals surface area contributed by atoms with Gasteiger partial charge in [-0.2, -0.15) is 36.4 Å². The molecule has 4 rings (SSSR count). The van der Waals surface area contributed by atoms with Gasteiger partial charge in [0.15, 0.2) is 17.3 Å². The minimum atomic E-state index is -4.84. The van der Waals surface area contributed by atoms with Crippen molar-refractivity contribution in [2.75, 3.05) is 4.90 Å². The lowest BCUT2D eigenvalue weighted by molar-refractivity contribution is -0.159. The highest BCUT2D eigenvalue weighted by Crippen LogP contribution is 2.34. The number of rotatable bonds is 6. The highest BCUT2D eigenvalue weighted by atomic mass is 32.1. The number of nitrogens with zero attached hydrogens (tertiary/aromatic N) is 7. The fourth-order valence-corrected chi connectivity index (χ4v) is 3.61. The van der Waals surface area contributed by atoms with Crippen molar-refractivity contribution in [1.29, 1.82) is 0 Å². The number of aromatic carboxylic acids is 1. The summed E-state index contributed by atoms with van der Waals surface area (Å²) >= 11 is 0.919. The standard InChI is InChI=1S/C18H9F6N7O3S/c19-17(20,21)11-5-25-6-13(27-11)31(12-3-8(15(32)33)4-26-29-12)7-9-1-2-10(35-9)14-28-16(34-30-14)18(22,23)24/h1-6H,7H2,(H,32,33). The highest BCUT2D eigenvalue weighted by Gasteiger charge is 2.38. The van der Waals surface area contributed by atoms with Crippen LogP contribution in [0.5, 0.6) is 0 Å². The molecule has 0 radical (unpaired) electrons. The summed E-state index contributed by atoms with van der Waals surface area (Å²) in [7, 11) is 0. The van der Waals surface area contributed by atoms with Crippen molar-refractivity contribution in [1.82, 2.24) is 30.3 Å². The van der Waals surface area contributed by atoms with Crippen molar-refractivity contribution in [3.63, 3.8) is 0 Å². The van der Waals surface area contributed by atoms with E-state index in [-0.39, 0.29) is 34.4 Å². The normalized spacial score (nSPS) is 12.1. The number of aromatic nitrogens is 6. The van der Waals surface area contributed by atoms with Crippen LogP contribution in [0, 0.1) is 0 Å². The van der Waals surface area contributed by atoms with Crippen LogP contribution in [0.4, 0.5) is 38.0 Å². The number of carboxylic acid groups (broad SMARTS) is 1.